The molecule has 0 saturated carbocycles. The van der Waals surface area contributed by atoms with Gasteiger partial charge in [0.05, 0.1) is 10.8 Å². The van der Waals surface area contributed by atoms with E-state index in [9.17, 15) is 0 Å². The molecule has 0 fully saturated rings. The SMILES string of the molecule is CC[n+]1c(-c2ccccc2)c2cc(N)ccc2c2ccc(N)cc21.[Br-].[Cl-].[Cs+]. The van der Waals surface area contributed by atoms with Crippen LogP contribution in [-0.2, 0) is 6.54 Å². The Morgan fingerprint density at radius 2 is 1.37 bits per heavy atom. The monoisotopic (exact) mass is 561 g/mol. The molecule has 1 heterocycles. The number of hydrogen-bond acceptors (Lipinski definition) is 2. The van der Waals surface area contributed by atoms with E-state index < -0.39 is 0 Å². The standard InChI is InChI=1S/C21H19N3.BrH.ClH.Cs/c1-2-24-20-13-16(23)9-11-18(20)17-10-8-15(22)12-19(17)21(24)14-6-4-3-5-7-14;;;/h3-13,23H,2,22H2,1H3;2*1H;/q;;;+1/p-1. The Balaban J connectivity index is 0.00000121. The first-order chi connectivity index (χ1) is 11.7. The summed E-state index contributed by atoms with van der Waals surface area (Å²) in [7, 11) is 0. The number of nitrogens with zero attached hydrogens (tertiary/aromatic N) is 1. The summed E-state index contributed by atoms with van der Waals surface area (Å²) in [5, 5.41) is 3.56. The Morgan fingerprint density at radius 3 is 2.00 bits per heavy atom. The third kappa shape index (κ3) is 4.67. The molecule has 0 aliphatic rings. The van der Waals surface area contributed by atoms with Gasteiger partial charge < -0.3 is 40.9 Å². The van der Waals surface area contributed by atoms with Gasteiger partial charge in [-0.2, -0.15) is 4.57 Å². The predicted molar refractivity (Wildman–Crippen MR) is 102 cm³/mol. The maximum atomic E-state index is 6.10. The molecule has 0 saturated heterocycles. The van der Waals surface area contributed by atoms with Gasteiger partial charge in [-0.25, -0.2) is 0 Å². The van der Waals surface area contributed by atoms with Gasteiger partial charge in [0, 0.05) is 28.4 Å². The van der Waals surface area contributed by atoms with Crippen molar-refractivity contribution >= 4 is 33.1 Å². The molecule has 0 spiro atoms. The van der Waals surface area contributed by atoms with E-state index in [2.05, 4.69) is 60.0 Å². The minimum absolute atomic E-state index is 0. The van der Waals surface area contributed by atoms with Gasteiger partial charge in [0.2, 0.25) is 11.2 Å². The van der Waals surface area contributed by atoms with Gasteiger partial charge in [0.1, 0.15) is 6.54 Å². The van der Waals surface area contributed by atoms with E-state index in [4.69, 9.17) is 11.5 Å². The van der Waals surface area contributed by atoms with E-state index >= 15 is 0 Å². The molecule has 0 radical (unpaired) electrons. The summed E-state index contributed by atoms with van der Waals surface area (Å²) >= 11 is 0. The number of nitrogen functional groups attached to an aromatic ring is 2. The van der Waals surface area contributed by atoms with Crippen molar-refractivity contribution in [3.05, 3.63) is 66.7 Å². The molecular weight excluding hydrogens is 543 g/mol. The Hall–Kier alpha value is -0.248. The smallest absolute Gasteiger partial charge is 1.00 e. The van der Waals surface area contributed by atoms with Crippen LogP contribution in [-0.4, -0.2) is 0 Å². The van der Waals surface area contributed by atoms with E-state index in [1.165, 1.54) is 27.4 Å². The first kappa shape index (κ1) is 24.8. The van der Waals surface area contributed by atoms with Crippen LogP contribution in [0.3, 0.4) is 0 Å². The van der Waals surface area contributed by atoms with Gasteiger partial charge in [-0.15, -0.1) is 0 Å². The van der Waals surface area contributed by atoms with Crippen LogP contribution in [0.25, 0.3) is 32.9 Å². The van der Waals surface area contributed by atoms with Crippen LogP contribution in [0.2, 0.25) is 0 Å². The van der Waals surface area contributed by atoms with Crippen LogP contribution in [0, 0.1) is 0 Å². The number of hydrogen-bond donors (Lipinski definition) is 2. The number of pyridine rings is 1. The second kappa shape index (κ2) is 10.5. The Bertz CT molecular complexity index is 1070. The summed E-state index contributed by atoms with van der Waals surface area (Å²) in [4.78, 5) is 0. The van der Waals surface area contributed by atoms with Crippen molar-refractivity contribution in [2.75, 3.05) is 11.5 Å². The Kier molecular flexibility index (Phi) is 9.65. The largest absolute Gasteiger partial charge is 1.00 e. The van der Waals surface area contributed by atoms with Gasteiger partial charge in [-0.1, -0.05) is 24.3 Å². The zero-order valence-corrected chi connectivity index (χ0v) is 24.0. The number of aromatic nitrogens is 1. The molecule has 4 rings (SSSR count). The van der Waals surface area contributed by atoms with Crippen LogP contribution in [0.4, 0.5) is 11.4 Å². The van der Waals surface area contributed by atoms with Crippen molar-refractivity contribution in [3.63, 3.8) is 0 Å². The summed E-state index contributed by atoms with van der Waals surface area (Å²) in [5.74, 6) is 0. The maximum absolute atomic E-state index is 6.10. The number of benzene rings is 3. The van der Waals surface area contributed by atoms with E-state index in [-0.39, 0.29) is 98.3 Å². The minimum atomic E-state index is 0. The van der Waals surface area contributed by atoms with Crippen LogP contribution in [0.1, 0.15) is 6.92 Å². The van der Waals surface area contributed by atoms with E-state index in [1.54, 1.807) is 0 Å². The van der Waals surface area contributed by atoms with Gasteiger partial charge in [-0.05, 0) is 43.3 Å². The zero-order chi connectivity index (χ0) is 16.7. The average Bonchev–Trinajstić information content (AvgIpc) is 2.61. The maximum Gasteiger partial charge on any atom is 1.00 e. The number of halogens is 2. The number of rotatable bonds is 2. The number of aryl methyl sites for hydroxylation is 1. The summed E-state index contributed by atoms with van der Waals surface area (Å²) in [6.07, 6.45) is 0. The fourth-order valence-electron chi connectivity index (χ4n) is 3.49. The fourth-order valence-corrected chi connectivity index (χ4v) is 3.49. The molecule has 134 valence electrons. The number of fused-ring (bicyclic) bond motifs is 3. The molecule has 3 aromatic carbocycles. The third-order valence-corrected chi connectivity index (χ3v) is 4.53. The molecule has 6 heteroatoms. The van der Waals surface area contributed by atoms with E-state index in [0.717, 1.165) is 23.4 Å². The fraction of sp³-hybridized carbons (Fsp3) is 0.0952. The van der Waals surface area contributed by atoms with Crippen LogP contribution >= 0.6 is 0 Å². The molecule has 0 unspecified atom stereocenters. The molecule has 0 atom stereocenters. The second-order valence-corrected chi connectivity index (χ2v) is 6.04. The van der Waals surface area contributed by atoms with Crippen molar-refractivity contribution in [2.24, 2.45) is 0 Å². The predicted octanol–water partition coefficient (Wildman–Crippen LogP) is -4.86. The van der Waals surface area contributed by atoms with Gasteiger partial charge >= 0.3 is 68.9 Å². The van der Waals surface area contributed by atoms with Crippen molar-refractivity contribution in [3.8, 4) is 11.3 Å². The molecule has 27 heavy (non-hydrogen) atoms. The summed E-state index contributed by atoms with van der Waals surface area (Å²) in [6.45, 7) is 3.02. The van der Waals surface area contributed by atoms with Crippen LogP contribution in [0.15, 0.2) is 66.7 Å². The van der Waals surface area contributed by atoms with Crippen molar-refractivity contribution < 1.29 is 103 Å². The minimum Gasteiger partial charge on any atom is -1.00 e. The van der Waals surface area contributed by atoms with Gasteiger partial charge in [0.15, 0.2) is 0 Å². The molecule has 0 aliphatic carbocycles. The molecule has 4 aromatic rings. The van der Waals surface area contributed by atoms with Crippen molar-refractivity contribution in [1.29, 1.82) is 0 Å². The van der Waals surface area contributed by atoms with Gasteiger partial charge in [-0.3, -0.25) is 0 Å². The molecule has 0 aliphatic heterocycles. The first-order valence-electron chi connectivity index (χ1n) is 8.18. The molecular formula is C21H20BrClCsN3. The topological polar surface area (TPSA) is 55.9 Å². The summed E-state index contributed by atoms with van der Waals surface area (Å²) < 4.78 is 2.32. The van der Waals surface area contributed by atoms with Crippen molar-refractivity contribution in [2.45, 2.75) is 13.5 Å². The quantitative estimate of drug-likeness (QED) is 0.146. The number of anilines is 2. The zero-order valence-electron chi connectivity index (χ0n) is 15.4. The molecule has 3 nitrogen and oxygen atoms in total. The van der Waals surface area contributed by atoms with Crippen molar-refractivity contribution in [1.82, 2.24) is 0 Å². The summed E-state index contributed by atoms with van der Waals surface area (Å²) in [5.41, 5.74) is 17.2. The second-order valence-electron chi connectivity index (χ2n) is 6.04. The molecule has 0 bridgehead atoms. The number of nitrogens with two attached hydrogens (primary N) is 2. The molecule has 0 amide bonds. The average molecular weight is 563 g/mol. The third-order valence-electron chi connectivity index (χ3n) is 4.53. The molecule has 4 N–H and O–H groups in total. The van der Waals surface area contributed by atoms with Crippen LogP contribution < -0.4 is 114 Å². The van der Waals surface area contributed by atoms with Crippen LogP contribution in [0.5, 0.6) is 0 Å². The summed E-state index contributed by atoms with van der Waals surface area (Å²) in [6, 6.07) is 22.7. The van der Waals surface area contributed by atoms with E-state index in [0.29, 0.717) is 0 Å². The van der Waals surface area contributed by atoms with Gasteiger partial charge in [0.25, 0.3) is 0 Å². The first-order valence-corrected chi connectivity index (χ1v) is 8.18. The normalized spacial score (nSPS) is 9.96. The molecule has 1 aromatic heterocycles. The Labute approximate surface area is 235 Å². The van der Waals surface area contributed by atoms with E-state index in [1.807, 2.05) is 18.2 Å². The Morgan fingerprint density at radius 1 is 0.778 bits per heavy atom.